The summed E-state index contributed by atoms with van der Waals surface area (Å²) in [7, 11) is 0. The molecule has 0 aromatic heterocycles. The summed E-state index contributed by atoms with van der Waals surface area (Å²) in [6.45, 7) is 4.50. The standard InChI is InChI=1S/C21H27ClO2/c1-3-21(2,17-9-13-19(24)14-10-17)20(6-4-5-15-22)16-7-11-18(23)12-8-16/h7-14,20,23-24H,3-6,15H2,1-2H3/t20-,21+/m1/s1. The van der Waals surface area contributed by atoms with Crippen molar-refractivity contribution >= 4 is 11.6 Å². The fourth-order valence-corrected chi connectivity index (χ4v) is 3.69. The molecule has 2 aromatic carbocycles. The minimum absolute atomic E-state index is 0.0447. The summed E-state index contributed by atoms with van der Waals surface area (Å²) in [5.74, 6) is 1.60. The summed E-state index contributed by atoms with van der Waals surface area (Å²) < 4.78 is 0. The van der Waals surface area contributed by atoms with E-state index in [0.29, 0.717) is 23.3 Å². The number of phenolic OH excluding ortho intramolecular Hbond substituents is 2. The van der Waals surface area contributed by atoms with Gasteiger partial charge in [-0.2, -0.15) is 0 Å². The van der Waals surface area contributed by atoms with Gasteiger partial charge in [0.25, 0.3) is 0 Å². The van der Waals surface area contributed by atoms with E-state index in [2.05, 4.69) is 13.8 Å². The molecule has 0 aliphatic carbocycles. The predicted molar refractivity (Wildman–Crippen MR) is 101 cm³/mol. The zero-order valence-corrected chi connectivity index (χ0v) is 15.3. The molecule has 2 atom stereocenters. The molecule has 0 aliphatic rings. The molecule has 2 aromatic rings. The number of aromatic hydroxyl groups is 2. The van der Waals surface area contributed by atoms with Gasteiger partial charge >= 0.3 is 0 Å². The number of benzene rings is 2. The smallest absolute Gasteiger partial charge is 0.115 e. The van der Waals surface area contributed by atoms with E-state index < -0.39 is 0 Å². The molecule has 2 nitrogen and oxygen atoms in total. The average Bonchev–Trinajstić information content (AvgIpc) is 2.60. The van der Waals surface area contributed by atoms with Crippen molar-refractivity contribution in [2.24, 2.45) is 0 Å². The zero-order chi connectivity index (χ0) is 17.6. The van der Waals surface area contributed by atoms with E-state index in [-0.39, 0.29) is 5.41 Å². The van der Waals surface area contributed by atoms with Crippen LogP contribution >= 0.6 is 11.6 Å². The molecule has 2 rings (SSSR count). The van der Waals surface area contributed by atoms with Gasteiger partial charge in [-0.3, -0.25) is 0 Å². The molecule has 0 radical (unpaired) electrons. The second-order valence-corrected chi connectivity index (χ2v) is 7.02. The quantitative estimate of drug-likeness (QED) is 0.457. The fourth-order valence-electron chi connectivity index (χ4n) is 3.50. The minimum Gasteiger partial charge on any atom is -0.508 e. The molecule has 0 saturated heterocycles. The topological polar surface area (TPSA) is 40.5 Å². The van der Waals surface area contributed by atoms with Crippen LogP contribution in [0.3, 0.4) is 0 Å². The molecule has 0 unspecified atom stereocenters. The molecule has 130 valence electrons. The van der Waals surface area contributed by atoms with E-state index in [1.165, 1.54) is 11.1 Å². The number of hydrogen-bond donors (Lipinski definition) is 2. The Morgan fingerprint density at radius 1 is 0.917 bits per heavy atom. The summed E-state index contributed by atoms with van der Waals surface area (Å²) in [6.07, 6.45) is 4.11. The maximum atomic E-state index is 9.61. The molecular formula is C21H27ClO2. The number of alkyl halides is 1. The van der Waals surface area contributed by atoms with Crippen LogP contribution in [-0.2, 0) is 5.41 Å². The van der Waals surface area contributed by atoms with Gasteiger partial charge in [0.1, 0.15) is 11.5 Å². The number of unbranched alkanes of at least 4 members (excludes halogenated alkanes) is 1. The van der Waals surface area contributed by atoms with Gasteiger partial charge in [0, 0.05) is 5.88 Å². The van der Waals surface area contributed by atoms with Crippen LogP contribution in [0.5, 0.6) is 11.5 Å². The number of hydrogen-bond acceptors (Lipinski definition) is 2. The lowest BCUT2D eigenvalue weighted by molar-refractivity contribution is 0.337. The average molecular weight is 347 g/mol. The Morgan fingerprint density at radius 3 is 1.96 bits per heavy atom. The van der Waals surface area contributed by atoms with Gasteiger partial charge in [0.05, 0.1) is 0 Å². The highest BCUT2D eigenvalue weighted by atomic mass is 35.5. The third-order valence-corrected chi connectivity index (χ3v) is 5.47. The lowest BCUT2D eigenvalue weighted by atomic mass is 9.65. The van der Waals surface area contributed by atoms with Crippen molar-refractivity contribution in [1.82, 2.24) is 0 Å². The summed E-state index contributed by atoms with van der Waals surface area (Å²) >= 11 is 5.87. The Balaban J connectivity index is 2.41. The van der Waals surface area contributed by atoms with Crippen LogP contribution < -0.4 is 0 Å². The predicted octanol–water partition coefficient (Wildman–Crippen LogP) is 5.96. The van der Waals surface area contributed by atoms with Crippen molar-refractivity contribution in [3.8, 4) is 11.5 Å². The zero-order valence-electron chi connectivity index (χ0n) is 14.5. The summed E-state index contributed by atoms with van der Waals surface area (Å²) in [5.41, 5.74) is 2.42. The Labute approximate surface area is 150 Å². The van der Waals surface area contributed by atoms with E-state index >= 15 is 0 Å². The SMILES string of the molecule is CC[C@@](C)(c1ccc(O)cc1)[C@H](CCCCCl)c1ccc(O)cc1. The van der Waals surface area contributed by atoms with Crippen molar-refractivity contribution in [2.75, 3.05) is 5.88 Å². The van der Waals surface area contributed by atoms with Gasteiger partial charge in [-0.1, -0.05) is 44.5 Å². The van der Waals surface area contributed by atoms with Crippen LogP contribution in [0.1, 0.15) is 56.6 Å². The van der Waals surface area contributed by atoms with Crippen LogP contribution in [0.25, 0.3) is 0 Å². The molecule has 3 heteroatoms. The van der Waals surface area contributed by atoms with E-state index in [9.17, 15) is 10.2 Å². The summed E-state index contributed by atoms with van der Waals surface area (Å²) in [4.78, 5) is 0. The molecule has 2 N–H and O–H groups in total. The van der Waals surface area contributed by atoms with Gasteiger partial charge in [-0.15, -0.1) is 11.6 Å². The molecule has 24 heavy (non-hydrogen) atoms. The van der Waals surface area contributed by atoms with Crippen LogP contribution in [0, 0.1) is 0 Å². The lowest BCUT2D eigenvalue weighted by Crippen LogP contribution is -2.30. The van der Waals surface area contributed by atoms with E-state index in [4.69, 9.17) is 11.6 Å². The molecule has 0 spiro atoms. The first-order valence-corrected chi connectivity index (χ1v) is 9.19. The third kappa shape index (κ3) is 4.24. The minimum atomic E-state index is -0.0447. The number of halogens is 1. The van der Waals surface area contributed by atoms with Crippen LogP contribution in [-0.4, -0.2) is 16.1 Å². The third-order valence-electron chi connectivity index (χ3n) is 5.20. The van der Waals surface area contributed by atoms with Crippen molar-refractivity contribution < 1.29 is 10.2 Å². The second kappa shape index (κ2) is 8.43. The van der Waals surface area contributed by atoms with Crippen LogP contribution in [0.2, 0.25) is 0 Å². The Hall–Kier alpha value is -1.67. The first-order chi connectivity index (χ1) is 11.5. The van der Waals surface area contributed by atoms with Crippen molar-refractivity contribution in [2.45, 2.75) is 50.9 Å². The first kappa shape index (κ1) is 18.7. The molecular weight excluding hydrogens is 320 g/mol. The van der Waals surface area contributed by atoms with Gasteiger partial charge in [0.15, 0.2) is 0 Å². The van der Waals surface area contributed by atoms with Crippen LogP contribution in [0.15, 0.2) is 48.5 Å². The highest BCUT2D eigenvalue weighted by molar-refractivity contribution is 6.17. The van der Waals surface area contributed by atoms with Gasteiger partial charge in [-0.05, 0) is 66.0 Å². The highest BCUT2D eigenvalue weighted by Crippen LogP contribution is 2.45. The lowest BCUT2D eigenvalue weighted by Gasteiger charge is -2.38. The molecule has 0 amide bonds. The highest BCUT2D eigenvalue weighted by Gasteiger charge is 2.35. The summed E-state index contributed by atoms with van der Waals surface area (Å²) in [6, 6.07) is 15.1. The maximum absolute atomic E-state index is 9.61. The summed E-state index contributed by atoms with van der Waals surface area (Å²) in [5, 5.41) is 19.2. The first-order valence-electron chi connectivity index (χ1n) is 8.65. The number of rotatable bonds is 8. The van der Waals surface area contributed by atoms with Gasteiger partial charge in [-0.25, -0.2) is 0 Å². The van der Waals surface area contributed by atoms with Crippen molar-refractivity contribution in [1.29, 1.82) is 0 Å². The van der Waals surface area contributed by atoms with E-state index in [1.807, 2.05) is 24.3 Å². The fraction of sp³-hybridized carbons (Fsp3) is 0.429. The maximum Gasteiger partial charge on any atom is 0.115 e. The van der Waals surface area contributed by atoms with Gasteiger partial charge in [0.2, 0.25) is 0 Å². The largest absolute Gasteiger partial charge is 0.508 e. The Bertz CT molecular complexity index is 621. The molecule has 0 heterocycles. The molecule has 0 bridgehead atoms. The second-order valence-electron chi connectivity index (χ2n) is 6.65. The molecule has 0 aliphatic heterocycles. The van der Waals surface area contributed by atoms with Crippen molar-refractivity contribution in [3.05, 3.63) is 59.7 Å². The van der Waals surface area contributed by atoms with Crippen molar-refractivity contribution in [3.63, 3.8) is 0 Å². The van der Waals surface area contributed by atoms with Crippen LogP contribution in [0.4, 0.5) is 0 Å². The normalized spacial score (nSPS) is 15.0. The monoisotopic (exact) mass is 346 g/mol. The molecule has 0 fully saturated rings. The number of phenols is 2. The molecule has 0 saturated carbocycles. The van der Waals surface area contributed by atoms with E-state index in [1.54, 1.807) is 24.3 Å². The van der Waals surface area contributed by atoms with Gasteiger partial charge < -0.3 is 10.2 Å². The Kier molecular flexibility index (Phi) is 6.56. The van der Waals surface area contributed by atoms with E-state index in [0.717, 1.165) is 25.7 Å². The Morgan fingerprint density at radius 2 is 1.46 bits per heavy atom.